The molecule has 9 heteroatoms. The molecule has 1 N–H and O–H groups in total. The molecule has 0 bridgehead atoms. The zero-order chi connectivity index (χ0) is 20.3. The lowest BCUT2D eigenvalue weighted by atomic mass is 10.0. The first-order valence-electron chi connectivity index (χ1n) is 9.18. The summed E-state index contributed by atoms with van der Waals surface area (Å²) in [6.07, 6.45) is 1.12. The van der Waals surface area contributed by atoms with Crippen molar-refractivity contribution >= 4 is 17.8 Å². The molecule has 2 heterocycles. The van der Waals surface area contributed by atoms with E-state index < -0.39 is 18.5 Å². The molecule has 1 unspecified atom stereocenters. The number of piperidine rings is 1. The summed E-state index contributed by atoms with van der Waals surface area (Å²) < 4.78 is 29.5. The van der Waals surface area contributed by atoms with Crippen LogP contribution in [-0.4, -0.2) is 65.0 Å². The number of halogens is 2. The first-order chi connectivity index (χ1) is 13.3. The fraction of sp³-hybridized carbons (Fsp3) is 0.526. The maximum absolute atomic E-state index is 12.6. The molecule has 28 heavy (non-hydrogen) atoms. The molecular weight excluding hydrogens is 374 g/mol. The number of carboxylic acid groups (broad SMARTS) is 1. The molecule has 2 aliphatic rings. The van der Waals surface area contributed by atoms with Crippen LogP contribution in [0.2, 0.25) is 0 Å². The number of aliphatic carboxylic acids is 1. The second-order valence-electron chi connectivity index (χ2n) is 7.06. The van der Waals surface area contributed by atoms with Crippen molar-refractivity contribution < 1.29 is 33.0 Å². The number of hydrogen-bond acceptors (Lipinski definition) is 4. The standard InChI is InChI=1S/C19H22F2N2O5/c20-19(21)28-15-4-2-1-3-12(15)9-16(24)22-7-5-14(6-8-22)23-11-13(18(26)27)10-17(23)25/h1-4,13-14,19H,5-11H2,(H,26,27). The Labute approximate surface area is 160 Å². The molecule has 0 spiro atoms. The smallest absolute Gasteiger partial charge is 0.387 e. The van der Waals surface area contributed by atoms with E-state index in [-0.39, 0.29) is 43.0 Å². The van der Waals surface area contributed by atoms with Gasteiger partial charge < -0.3 is 19.6 Å². The van der Waals surface area contributed by atoms with Crippen molar-refractivity contribution in [3.8, 4) is 5.75 Å². The Hall–Kier alpha value is -2.71. The molecule has 2 aliphatic heterocycles. The highest BCUT2D eigenvalue weighted by atomic mass is 19.3. The largest absolute Gasteiger partial charge is 0.481 e. The molecule has 0 saturated carbocycles. The molecule has 7 nitrogen and oxygen atoms in total. The Morgan fingerprint density at radius 2 is 1.89 bits per heavy atom. The fourth-order valence-electron chi connectivity index (χ4n) is 3.81. The Morgan fingerprint density at radius 3 is 2.50 bits per heavy atom. The van der Waals surface area contributed by atoms with Crippen LogP contribution in [0.5, 0.6) is 5.75 Å². The molecular formula is C19H22F2N2O5. The lowest BCUT2D eigenvalue weighted by molar-refractivity contribution is -0.141. The van der Waals surface area contributed by atoms with E-state index in [0.717, 1.165) is 0 Å². The number of carbonyl (C=O) groups is 3. The van der Waals surface area contributed by atoms with Crippen LogP contribution in [0.4, 0.5) is 8.78 Å². The van der Waals surface area contributed by atoms with Gasteiger partial charge in [-0.25, -0.2) is 0 Å². The number of hydrogen-bond donors (Lipinski definition) is 1. The number of carboxylic acids is 1. The van der Waals surface area contributed by atoms with Gasteiger partial charge in [-0.2, -0.15) is 8.78 Å². The maximum atomic E-state index is 12.6. The summed E-state index contributed by atoms with van der Waals surface area (Å²) in [6.45, 7) is -1.88. The average molecular weight is 396 g/mol. The SMILES string of the molecule is O=C(O)C1CC(=O)N(C2CCN(C(=O)Cc3ccccc3OC(F)F)CC2)C1. The maximum Gasteiger partial charge on any atom is 0.387 e. The molecule has 152 valence electrons. The Kier molecular flexibility index (Phi) is 6.11. The van der Waals surface area contributed by atoms with Gasteiger partial charge in [-0.15, -0.1) is 0 Å². The second kappa shape index (κ2) is 8.53. The van der Waals surface area contributed by atoms with E-state index >= 15 is 0 Å². The number of amides is 2. The fourth-order valence-corrected chi connectivity index (χ4v) is 3.81. The van der Waals surface area contributed by atoms with Crippen LogP contribution in [-0.2, 0) is 20.8 Å². The zero-order valence-corrected chi connectivity index (χ0v) is 15.2. The quantitative estimate of drug-likeness (QED) is 0.792. The summed E-state index contributed by atoms with van der Waals surface area (Å²) in [5.41, 5.74) is 0.397. The van der Waals surface area contributed by atoms with Gasteiger partial charge in [0.1, 0.15) is 5.75 Å². The highest BCUT2D eigenvalue weighted by Crippen LogP contribution is 2.27. The molecule has 0 radical (unpaired) electrons. The molecule has 1 aromatic carbocycles. The minimum atomic E-state index is -2.96. The summed E-state index contributed by atoms with van der Waals surface area (Å²) in [6, 6.07) is 6.13. The van der Waals surface area contributed by atoms with Gasteiger partial charge in [0.05, 0.1) is 12.3 Å². The molecule has 1 atom stereocenters. The van der Waals surface area contributed by atoms with E-state index in [1.54, 1.807) is 28.0 Å². The van der Waals surface area contributed by atoms with Crippen molar-refractivity contribution in [2.24, 2.45) is 5.92 Å². The first-order valence-corrected chi connectivity index (χ1v) is 9.18. The van der Waals surface area contributed by atoms with Crippen molar-refractivity contribution in [3.63, 3.8) is 0 Å². The summed E-state index contributed by atoms with van der Waals surface area (Å²) in [5.74, 6) is -2.00. The number of rotatable bonds is 6. The predicted octanol–water partition coefficient (Wildman–Crippen LogP) is 1.75. The second-order valence-corrected chi connectivity index (χ2v) is 7.06. The van der Waals surface area contributed by atoms with E-state index in [9.17, 15) is 23.2 Å². The third-order valence-corrected chi connectivity index (χ3v) is 5.30. The van der Waals surface area contributed by atoms with E-state index in [1.807, 2.05) is 0 Å². The number of alkyl halides is 2. The van der Waals surface area contributed by atoms with Crippen LogP contribution < -0.4 is 4.74 Å². The molecule has 0 aromatic heterocycles. The van der Waals surface area contributed by atoms with Gasteiger partial charge in [-0.1, -0.05) is 18.2 Å². The number of nitrogens with zero attached hydrogens (tertiary/aromatic N) is 2. The Morgan fingerprint density at radius 1 is 1.21 bits per heavy atom. The molecule has 2 saturated heterocycles. The molecule has 1 aromatic rings. The van der Waals surface area contributed by atoms with Crippen molar-refractivity contribution in [1.82, 2.24) is 9.80 Å². The van der Waals surface area contributed by atoms with E-state index in [0.29, 0.717) is 31.5 Å². The van der Waals surface area contributed by atoms with Gasteiger partial charge >= 0.3 is 12.6 Å². The van der Waals surface area contributed by atoms with Gasteiger partial charge in [0.2, 0.25) is 11.8 Å². The van der Waals surface area contributed by atoms with Crippen molar-refractivity contribution in [3.05, 3.63) is 29.8 Å². The van der Waals surface area contributed by atoms with Crippen LogP contribution in [0, 0.1) is 5.92 Å². The number of ether oxygens (including phenoxy) is 1. The third-order valence-electron chi connectivity index (χ3n) is 5.30. The molecule has 2 amide bonds. The predicted molar refractivity (Wildman–Crippen MR) is 93.8 cm³/mol. The summed E-state index contributed by atoms with van der Waals surface area (Å²) in [7, 11) is 0. The van der Waals surface area contributed by atoms with Crippen LogP contribution >= 0.6 is 0 Å². The van der Waals surface area contributed by atoms with Crippen LogP contribution in [0.1, 0.15) is 24.8 Å². The van der Waals surface area contributed by atoms with E-state index in [2.05, 4.69) is 4.74 Å². The highest BCUT2D eigenvalue weighted by molar-refractivity contribution is 5.86. The van der Waals surface area contributed by atoms with E-state index in [4.69, 9.17) is 5.11 Å². The number of benzene rings is 1. The van der Waals surface area contributed by atoms with Crippen LogP contribution in [0.3, 0.4) is 0 Å². The Bertz CT molecular complexity index is 750. The van der Waals surface area contributed by atoms with Crippen LogP contribution in [0.25, 0.3) is 0 Å². The van der Waals surface area contributed by atoms with Gasteiger partial charge in [0, 0.05) is 37.7 Å². The highest BCUT2D eigenvalue weighted by Gasteiger charge is 2.39. The summed E-state index contributed by atoms with van der Waals surface area (Å²) in [5, 5.41) is 9.09. The van der Waals surface area contributed by atoms with Gasteiger partial charge in [0.25, 0.3) is 0 Å². The molecule has 2 fully saturated rings. The summed E-state index contributed by atoms with van der Waals surface area (Å²) in [4.78, 5) is 39.0. The number of para-hydroxylation sites is 1. The first kappa shape index (κ1) is 20.0. The number of carbonyl (C=O) groups excluding carboxylic acids is 2. The zero-order valence-electron chi connectivity index (χ0n) is 15.2. The molecule has 3 rings (SSSR count). The summed E-state index contributed by atoms with van der Waals surface area (Å²) >= 11 is 0. The van der Waals surface area contributed by atoms with Crippen molar-refractivity contribution in [2.45, 2.75) is 38.3 Å². The average Bonchev–Trinajstić information content (AvgIpc) is 3.05. The minimum Gasteiger partial charge on any atom is -0.481 e. The lowest BCUT2D eigenvalue weighted by Gasteiger charge is -2.37. The molecule has 0 aliphatic carbocycles. The normalized spacial score (nSPS) is 20.7. The van der Waals surface area contributed by atoms with Crippen molar-refractivity contribution in [1.29, 1.82) is 0 Å². The van der Waals surface area contributed by atoms with Gasteiger partial charge in [0.15, 0.2) is 0 Å². The van der Waals surface area contributed by atoms with E-state index in [1.165, 1.54) is 6.07 Å². The van der Waals surface area contributed by atoms with Crippen molar-refractivity contribution in [2.75, 3.05) is 19.6 Å². The van der Waals surface area contributed by atoms with Gasteiger partial charge in [-0.3, -0.25) is 14.4 Å². The lowest BCUT2D eigenvalue weighted by Crippen LogP contribution is -2.47. The monoisotopic (exact) mass is 396 g/mol. The topological polar surface area (TPSA) is 87.2 Å². The third kappa shape index (κ3) is 4.58. The van der Waals surface area contributed by atoms with Crippen LogP contribution in [0.15, 0.2) is 24.3 Å². The minimum absolute atomic E-state index is 0.0110. The number of likely N-dealkylation sites (tertiary alicyclic amines) is 2. The van der Waals surface area contributed by atoms with Gasteiger partial charge in [-0.05, 0) is 18.9 Å². The Balaban J connectivity index is 1.55.